The number of benzene rings is 2. The average Bonchev–Trinajstić information content (AvgIpc) is 2.54. The van der Waals surface area contributed by atoms with Crippen LogP contribution in [-0.2, 0) is 4.79 Å². The first kappa shape index (κ1) is 17.3. The first-order valence-corrected chi connectivity index (χ1v) is 7.43. The van der Waals surface area contributed by atoms with Gasteiger partial charge in [-0.05, 0) is 50.1 Å². The van der Waals surface area contributed by atoms with Gasteiger partial charge in [-0.1, -0.05) is 18.2 Å². The Labute approximate surface area is 140 Å². The lowest BCUT2D eigenvalue weighted by Crippen LogP contribution is -2.26. The fourth-order valence-corrected chi connectivity index (χ4v) is 2.22. The molecule has 0 saturated carbocycles. The molecule has 0 aromatic heterocycles. The van der Waals surface area contributed by atoms with Crippen molar-refractivity contribution < 1.29 is 19.7 Å². The number of carbonyl (C=O) groups excluding carboxylic acids is 1. The number of amides is 1. The quantitative estimate of drug-likeness (QED) is 0.447. The highest BCUT2D eigenvalue weighted by Crippen LogP contribution is 2.23. The van der Waals surface area contributed by atoms with Crippen LogP contribution in [0, 0.1) is 13.8 Å². The van der Waals surface area contributed by atoms with E-state index in [0.29, 0.717) is 17.0 Å². The summed E-state index contributed by atoms with van der Waals surface area (Å²) >= 11 is 0. The van der Waals surface area contributed by atoms with Crippen molar-refractivity contribution in [1.82, 2.24) is 5.43 Å². The zero-order chi connectivity index (χ0) is 17.7. The normalized spacial score (nSPS) is 11.2. The van der Waals surface area contributed by atoms with Gasteiger partial charge in [0.1, 0.15) is 17.2 Å². The second kappa shape index (κ2) is 7.50. The number of nitrogens with one attached hydrogen (secondary N) is 1. The van der Waals surface area contributed by atoms with Crippen LogP contribution in [0.1, 0.15) is 23.6 Å². The van der Waals surface area contributed by atoms with Crippen LogP contribution in [-0.4, -0.2) is 28.4 Å². The van der Waals surface area contributed by atoms with E-state index in [2.05, 4.69) is 10.5 Å². The highest BCUT2D eigenvalue weighted by molar-refractivity contribution is 6.01. The monoisotopic (exact) mass is 328 g/mol. The van der Waals surface area contributed by atoms with E-state index in [0.717, 1.165) is 11.1 Å². The lowest BCUT2D eigenvalue weighted by atomic mass is 10.1. The van der Waals surface area contributed by atoms with E-state index in [1.54, 1.807) is 6.92 Å². The minimum atomic E-state index is -0.420. The predicted octanol–water partition coefficient (Wildman–Crippen LogP) is 2.63. The van der Waals surface area contributed by atoms with E-state index in [1.165, 1.54) is 18.2 Å². The molecule has 24 heavy (non-hydrogen) atoms. The van der Waals surface area contributed by atoms with Crippen molar-refractivity contribution in [2.45, 2.75) is 20.8 Å². The Balaban J connectivity index is 1.98. The molecule has 126 valence electrons. The van der Waals surface area contributed by atoms with Crippen molar-refractivity contribution >= 4 is 11.6 Å². The summed E-state index contributed by atoms with van der Waals surface area (Å²) < 4.78 is 5.54. The zero-order valence-corrected chi connectivity index (χ0v) is 13.8. The average molecular weight is 328 g/mol. The van der Waals surface area contributed by atoms with Crippen molar-refractivity contribution in [2.24, 2.45) is 5.10 Å². The smallest absolute Gasteiger partial charge is 0.277 e. The molecule has 0 aliphatic heterocycles. The standard InChI is InChI=1S/C18H20N2O4/c1-11-5-4-6-12(2)18(11)24-10-17(23)20-19-13(3)15-9-14(21)7-8-16(15)22/h4-9,21-22H,10H2,1-3H3,(H,20,23). The second-order valence-corrected chi connectivity index (χ2v) is 5.44. The van der Waals surface area contributed by atoms with E-state index in [-0.39, 0.29) is 18.1 Å². The molecular formula is C18H20N2O4. The summed E-state index contributed by atoms with van der Waals surface area (Å²) in [6, 6.07) is 9.83. The summed E-state index contributed by atoms with van der Waals surface area (Å²) in [6.07, 6.45) is 0. The lowest BCUT2D eigenvalue weighted by Gasteiger charge is -2.11. The van der Waals surface area contributed by atoms with Crippen LogP contribution < -0.4 is 10.2 Å². The SMILES string of the molecule is CC(=NNC(=O)COc1c(C)cccc1C)c1cc(O)ccc1O. The summed E-state index contributed by atoms with van der Waals surface area (Å²) in [5, 5.41) is 23.1. The van der Waals surface area contributed by atoms with E-state index in [4.69, 9.17) is 4.74 Å². The molecule has 0 heterocycles. The maximum absolute atomic E-state index is 11.9. The summed E-state index contributed by atoms with van der Waals surface area (Å²) in [7, 11) is 0. The van der Waals surface area contributed by atoms with E-state index >= 15 is 0 Å². The molecule has 0 radical (unpaired) electrons. The van der Waals surface area contributed by atoms with Crippen LogP contribution >= 0.6 is 0 Å². The van der Waals surface area contributed by atoms with Gasteiger partial charge in [-0.3, -0.25) is 4.79 Å². The number of hydrogen-bond acceptors (Lipinski definition) is 5. The maximum atomic E-state index is 11.9. The van der Waals surface area contributed by atoms with Gasteiger partial charge in [0.2, 0.25) is 0 Å². The second-order valence-electron chi connectivity index (χ2n) is 5.44. The molecular weight excluding hydrogens is 308 g/mol. The molecule has 0 atom stereocenters. The van der Waals surface area contributed by atoms with Gasteiger partial charge >= 0.3 is 0 Å². The van der Waals surface area contributed by atoms with Gasteiger partial charge in [-0.2, -0.15) is 5.10 Å². The third-order valence-electron chi connectivity index (χ3n) is 3.47. The minimum Gasteiger partial charge on any atom is -0.508 e. The van der Waals surface area contributed by atoms with Crippen molar-refractivity contribution in [2.75, 3.05) is 6.61 Å². The third kappa shape index (κ3) is 4.25. The Morgan fingerprint density at radius 1 is 1.17 bits per heavy atom. The molecule has 0 bridgehead atoms. The summed E-state index contributed by atoms with van der Waals surface area (Å²) in [6.45, 7) is 5.26. The van der Waals surface area contributed by atoms with E-state index in [1.807, 2.05) is 32.0 Å². The number of nitrogens with zero attached hydrogens (tertiary/aromatic N) is 1. The molecule has 2 rings (SSSR count). The topological polar surface area (TPSA) is 91.2 Å². The first-order valence-electron chi connectivity index (χ1n) is 7.43. The largest absolute Gasteiger partial charge is 0.508 e. The number of rotatable bonds is 5. The molecule has 2 aromatic carbocycles. The highest BCUT2D eigenvalue weighted by Gasteiger charge is 2.09. The molecule has 0 fully saturated rings. The third-order valence-corrected chi connectivity index (χ3v) is 3.47. The summed E-state index contributed by atoms with van der Waals surface area (Å²) in [5.41, 5.74) is 4.97. The van der Waals surface area contributed by atoms with Crippen LogP contribution in [0.15, 0.2) is 41.5 Å². The number of carbonyl (C=O) groups is 1. The Bertz CT molecular complexity index is 764. The van der Waals surface area contributed by atoms with Gasteiger partial charge in [0, 0.05) is 5.56 Å². The number of aryl methyl sites for hydroxylation is 2. The van der Waals surface area contributed by atoms with Gasteiger partial charge in [-0.25, -0.2) is 5.43 Å². The summed E-state index contributed by atoms with van der Waals surface area (Å²) in [4.78, 5) is 11.9. The predicted molar refractivity (Wildman–Crippen MR) is 91.5 cm³/mol. The van der Waals surface area contributed by atoms with Crippen molar-refractivity contribution in [3.8, 4) is 17.2 Å². The zero-order valence-electron chi connectivity index (χ0n) is 13.8. The Hall–Kier alpha value is -3.02. The minimum absolute atomic E-state index is 0.00189. The van der Waals surface area contributed by atoms with Crippen molar-refractivity contribution in [3.63, 3.8) is 0 Å². The number of hydrogen-bond donors (Lipinski definition) is 3. The molecule has 6 nitrogen and oxygen atoms in total. The number of hydrazone groups is 1. The molecule has 1 amide bonds. The number of aromatic hydroxyl groups is 2. The molecule has 6 heteroatoms. The van der Waals surface area contributed by atoms with Crippen molar-refractivity contribution in [3.05, 3.63) is 53.1 Å². The number of phenols is 2. The van der Waals surface area contributed by atoms with Crippen LogP contribution in [0.4, 0.5) is 0 Å². The number of para-hydroxylation sites is 1. The van der Waals surface area contributed by atoms with Gasteiger partial charge < -0.3 is 14.9 Å². The van der Waals surface area contributed by atoms with E-state index in [9.17, 15) is 15.0 Å². The maximum Gasteiger partial charge on any atom is 0.277 e. The number of ether oxygens (including phenoxy) is 1. The molecule has 3 N–H and O–H groups in total. The molecule has 0 spiro atoms. The Kier molecular flexibility index (Phi) is 5.42. The summed E-state index contributed by atoms with van der Waals surface area (Å²) in [5.74, 6) is 0.229. The lowest BCUT2D eigenvalue weighted by molar-refractivity contribution is -0.123. The van der Waals surface area contributed by atoms with E-state index < -0.39 is 5.91 Å². The van der Waals surface area contributed by atoms with Gasteiger partial charge in [0.05, 0.1) is 5.71 Å². The van der Waals surface area contributed by atoms with Gasteiger partial charge in [0.25, 0.3) is 5.91 Å². The fourth-order valence-electron chi connectivity index (χ4n) is 2.22. The fraction of sp³-hybridized carbons (Fsp3) is 0.222. The molecule has 0 saturated heterocycles. The Morgan fingerprint density at radius 3 is 2.50 bits per heavy atom. The molecule has 0 unspecified atom stereocenters. The van der Waals surface area contributed by atoms with Crippen LogP contribution in [0.2, 0.25) is 0 Å². The number of phenolic OH excluding ortho intramolecular Hbond substituents is 2. The van der Waals surface area contributed by atoms with Crippen LogP contribution in [0.25, 0.3) is 0 Å². The molecule has 0 aliphatic rings. The van der Waals surface area contributed by atoms with Crippen LogP contribution in [0.5, 0.6) is 17.2 Å². The van der Waals surface area contributed by atoms with Gasteiger partial charge in [-0.15, -0.1) is 0 Å². The van der Waals surface area contributed by atoms with Crippen molar-refractivity contribution in [1.29, 1.82) is 0 Å². The van der Waals surface area contributed by atoms with Crippen LogP contribution in [0.3, 0.4) is 0 Å². The Morgan fingerprint density at radius 2 is 1.83 bits per heavy atom. The molecule has 2 aromatic rings. The van der Waals surface area contributed by atoms with Gasteiger partial charge in [0.15, 0.2) is 6.61 Å². The highest BCUT2D eigenvalue weighted by atomic mass is 16.5. The first-order chi connectivity index (χ1) is 11.4. The molecule has 0 aliphatic carbocycles.